The van der Waals surface area contributed by atoms with E-state index in [0.717, 1.165) is 24.2 Å². The molecule has 0 unspecified atom stereocenters. The van der Waals surface area contributed by atoms with E-state index in [1.165, 1.54) is 24.4 Å². The Labute approximate surface area is 194 Å². The Hall–Kier alpha value is -2.66. The summed E-state index contributed by atoms with van der Waals surface area (Å²) in [5.74, 6) is 0.110. The SMILES string of the molecule is O=C(NC[C@@H]1CCCO1)c1cccnc1Oc1cccc(NS(=O)(=O)c2ccc(Cl)s2)c1. The van der Waals surface area contributed by atoms with Crippen LogP contribution in [-0.2, 0) is 14.8 Å². The molecule has 0 saturated carbocycles. The predicted molar refractivity (Wildman–Crippen MR) is 122 cm³/mol. The van der Waals surface area contributed by atoms with Gasteiger partial charge >= 0.3 is 0 Å². The molecule has 1 atom stereocenters. The summed E-state index contributed by atoms with van der Waals surface area (Å²) < 4.78 is 39.4. The standard InChI is InChI=1S/C21H20ClN3O5S2/c22-18-8-9-19(31-18)32(27,28)25-14-4-1-5-15(12-14)30-21-17(7-2-10-23-21)20(26)24-13-16-6-3-11-29-16/h1-2,4-5,7-10,12,16,25H,3,6,11,13H2,(H,24,26)/t16-/m0/s1. The number of sulfonamides is 1. The molecule has 3 heterocycles. The maximum Gasteiger partial charge on any atom is 0.271 e. The van der Waals surface area contributed by atoms with E-state index in [0.29, 0.717) is 28.9 Å². The fourth-order valence-corrected chi connectivity index (χ4v) is 5.67. The van der Waals surface area contributed by atoms with Gasteiger partial charge in [0, 0.05) is 25.4 Å². The van der Waals surface area contributed by atoms with Gasteiger partial charge in [0.15, 0.2) is 0 Å². The first kappa shape index (κ1) is 22.5. The van der Waals surface area contributed by atoms with Gasteiger partial charge in [-0.2, -0.15) is 0 Å². The summed E-state index contributed by atoms with van der Waals surface area (Å²) in [6.07, 6.45) is 3.43. The van der Waals surface area contributed by atoms with E-state index in [4.69, 9.17) is 21.1 Å². The van der Waals surface area contributed by atoms with E-state index < -0.39 is 10.0 Å². The van der Waals surface area contributed by atoms with Crippen LogP contribution in [0.3, 0.4) is 0 Å². The Morgan fingerprint density at radius 2 is 2.12 bits per heavy atom. The minimum Gasteiger partial charge on any atom is -0.438 e. The first-order chi connectivity index (χ1) is 15.4. The summed E-state index contributed by atoms with van der Waals surface area (Å²) in [5, 5.41) is 2.84. The lowest BCUT2D eigenvalue weighted by atomic mass is 10.2. The highest BCUT2D eigenvalue weighted by molar-refractivity contribution is 7.94. The number of pyridine rings is 1. The van der Waals surface area contributed by atoms with Crippen LogP contribution in [0.4, 0.5) is 5.69 Å². The molecule has 1 aliphatic heterocycles. The highest BCUT2D eigenvalue weighted by Gasteiger charge is 2.20. The van der Waals surface area contributed by atoms with E-state index in [1.807, 2.05) is 0 Å². The van der Waals surface area contributed by atoms with Crippen molar-refractivity contribution >= 4 is 44.6 Å². The topological polar surface area (TPSA) is 107 Å². The molecule has 8 nitrogen and oxygen atoms in total. The number of benzene rings is 1. The quantitative estimate of drug-likeness (QED) is 0.484. The van der Waals surface area contributed by atoms with Gasteiger partial charge in [-0.05, 0) is 49.2 Å². The van der Waals surface area contributed by atoms with Gasteiger partial charge < -0.3 is 14.8 Å². The minimum absolute atomic E-state index is 0.0166. The van der Waals surface area contributed by atoms with Crippen LogP contribution < -0.4 is 14.8 Å². The number of anilines is 1. The molecule has 3 aromatic rings. The summed E-state index contributed by atoms with van der Waals surface area (Å²) >= 11 is 6.80. The lowest BCUT2D eigenvalue weighted by Crippen LogP contribution is -2.32. The normalized spacial score (nSPS) is 16.0. The van der Waals surface area contributed by atoms with Gasteiger partial charge in [0.2, 0.25) is 5.88 Å². The van der Waals surface area contributed by atoms with Crippen molar-refractivity contribution in [2.45, 2.75) is 23.2 Å². The molecule has 0 aliphatic carbocycles. The van der Waals surface area contributed by atoms with Crippen LogP contribution in [0.1, 0.15) is 23.2 Å². The van der Waals surface area contributed by atoms with E-state index in [9.17, 15) is 13.2 Å². The van der Waals surface area contributed by atoms with Crippen molar-refractivity contribution in [1.29, 1.82) is 0 Å². The zero-order chi connectivity index (χ0) is 22.6. The molecular formula is C21H20ClN3O5S2. The van der Waals surface area contributed by atoms with Crippen molar-refractivity contribution < 1.29 is 22.7 Å². The lowest BCUT2D eigenvalue weighted by Gasteiger charge is -2.13. The first-order valence-corrected chi connectivity index (χ1v) is 12.5. The average molecular weight is 494 g/mol. The maximum absolute atomic E-state index is 12.6. The van der Waals surface area contributed by atoms with E-state index >= 15 is 0 Å². The molecule has 1 fully saturated rings. The van der Waals surface area contributed by atoms with Crippen molar-refractivity contribution in [3.05, 3.63) is 64.6 Å². The molecule has 168 valence electrons. The third kappa shape index (κ3) is 5.57. The molecule has 0 spiro atoms. The zero-order valence-electron chi connectivity index (χ0n) is 16.8. The maximum atomic E-state index is 12.6. The largest absolute Gasteiger partial charge is 0.438 e. The van der Waals surface area contributed by atoms with E-state index in [-0.39, 0.29) is 27.7 Å². The van der Waals surface area contributed by atoms with Gasteiger partial charge in [0.1, 0.15) is 15.5 Å². The number of amides is 1. The molecule has 2 N–H and O–H groups in total. The minimum atomic E-state index is -3.78. The van der Waals surface area contributed by atoms with Gasteiger partial charge in [-0.1, -0.05) is 17.7 Å². The predicted octanol–water partition coefficient (Wildman–Crippen LogP) is 4.30. The van der Waals surface area contributed by atoms with Gasteiger partial charge in [-0.3, -0.25) is 9.52 Å². The number of hydrogen-bond donors (Lipinski definition) is 2. The molecule has 11 heteroatoms. The molecule has 0 bridgehead atoms. The van der Waals surface area contributed by atoms with Crippen molar-refractivity contribution in [2.75, 3.05) is 17.9 Å². The number of carbonyl (C=O) groups excluding carboxylic acids is 1. The molecule has 0 radical (unpaired) electrons. The van der Waals surface area contributed by atoms with Crippen molar-refractivity contribution in [1.82, 2.24) is 10.3 Å². The number of carbonyl (C=O) groups is 1. The van der Waals surface area contributed by atoms with Gasteiger partial charge in [-0.15, -0.1) is 11.3 Å². The molecule has 2 aromatic heterocycles. The fraction of sp³-hybridized carbons (Fsp3) is 0.238. The number of aromatic nitrogens is 1. The molecular weight excluding hydrogens is 474 g/mol. The summed E-state index contributed by atoms with van der Waals surface area (Å²) in [6, 6.07) is 12.6. The van der Waals surface area contributed by atoms with Crippen molar-refractivity contribution in [3.8, 4) is 11.6 Å². The van der Waals surface area contributed by atoms with Crippen LogP contribution in [0, 0.1) is 0 Å². The molecule has 1 aromatic carbocycles. The molecule has 1 amide bonds. The van der Waals surface area contributed by atoms with Crippen molar-refractivity contribution in [2.24, 2.45) is 0 Å². The average Bonchev–Trinajstić information content (AvgIpc) is 3.44. The monoisotopic (exact) mass is 493 g/mol. The third-order valence-corrected chi connectivity index (χ3v) is 7.75. The number of rotatable bonds is 8. The second kappa shape index (κ2) is 9.86. The molecule has 1 aliphatic rings. The number of hydrogen-bond acceptors (Lipinski definition) is 7. The number of nitrogens with one attached hydrogen (secondary N) is 2. The van der Waals surface area contributed by atoms with Gasteiger partial charge in [-0.25, -0.2) is 13.4 Å². The highest BCUT2D eigenvalue weighted by atomic mass is 35.5. The summed E-state index contributed by atoms with van der Waals surface area (Å²) in [7, 11) is -3.78. The Morgan fingerprint density at radius 3 is 2.88 bits per heavy atom. The Bertz CT molecular complexity index is 1210. The van der Waals surface area contributed by atoms with E-state index in [2.05, 4.69) is 15.0 Å². The smallest absolute Gasteiger partial charge is 0.271 e. The number of thiophene rings is 1. The summed E-state index contributed by atoms with van der Waals surface area (Å²) in [5.41, 5.74) is 0.567. The Balaban J connectivity index is 1.47. The van der Waals surface area contributed by atoms with Crippen LogP contribution in [-0.4, -0.2) is 38.6 Å². The molecule has 1 saturated heterocycles. The second-order valence-corrected chi connectivity index (χ2v) is 10.6. The Morgan fingerprint density at radius 1 is 1.25 bits per heavy atom. The van der Waals surface area contributed by atoms with Crippen molar-refractivity contribution in [3.63, 3.8) is 0 Å². The fourth-order valence-electron chi connectivity index (χ4n) is 3.13. The Kier molecular flexibility index (Phi) is 6.95. The highest BCUT2D eigenvalue weighted by Crippen LogP contribution is 2.29. The van der Waals surface area contributed by atoms with Gasteiger partial charge in [0.25, 0.3) is 15.9 Å². The number of nitrogens with zero attached hydrogens (tertiary/aromatic N) is 1. The van der Waals surface area contributed by atoms with Crippen LogP contribution in [0.25, 0.3) is 0 Å². The summed E-state index contributed by atoms with van der Waals surface area (Å²) in [4.78, 5) is 16.8. The zero-order valence-corrected chi connectivity index (χ0v) is 19.2. The van der Waals surface area contributed by atoms with Crippen LogP contribution in [0.15, 0.2) is 58.9 Å². The number of halogens is 1. The van der Waals surface area contributed by atoms with E-state index in [1.54, 1.807) is 30.3 Å². The van der Waals surface area contributed by atoms with Crippen LogP contribution in [0.2, 0.25) is 4.34 Å². The first-order valence-electron chi connectivity index (χ1n) is 9.81. The van der Waals surface area contributed by atoms with Gasteiger partial charge in [0.05, 0.1) is 16.1 Å². The number of ether oxygens (including phenoxy) is 2. The van der Waals surface area contributed by atoms with Crippen LogP contribution in [0.5, 0.6) is 11.6 Å². The third-order valence-electron chi connectivity index (χ3n) is 4.64. The summed E-state index contributed by atoms with van der Waals surface area (Å²) in [6.45, 7) is 1.12. The lowest BCUT2D eigenvalue weighted by molar-refractivity contribution is 0.0855. The molecule has 4 rings (SSSR count). The second-order valence-electron chi connectivity index (χ2n) is 7.00. The van der Waals surface area contributed by atoms with Crippen LogP contribution >= 0.6 is 22.9 Å². The molecule has 32 heavy (non-hydrogen) atoms.